The minimum absolute atomic E-state index is 0.0906. The van der Waals surface area contributed by atoms with Gasteiger partial charge in [-0.15, -0.1) is 0 Å². The molecule has 1 rings (SSSR count). The van der Waals surface area contributed by atoms with E-state index in [9.17, 15) is 22.4 Å². The Labute approximate surface area is 87.2 Å². The maximum atomic E-state index is 12.6. The van der Waals surface area contributed by atoms with Crippen molar-refractivity contribution in [1.82, 2.24) is 4.98 Å². The average Bonchev–Trinajstić information content (AvgIpc) is 2.14. The van der Waals surface area contributed by atoms with E-state index in [0.29, 0.717) is 0 Å². The quantitative estimate of drug-likeness (QED) is 0.804. The Balaban J connectivity index is 2.46. The van der Waals surface area contributed by atoms with Crippen LogP contribution in [0.2, 0.25) is 0 Å². The highest BCUT2D eigenvalue weighted by Gasteiger charge is 2.29. The first-order valence-corrected chi connectivity index (χ1v) is 3.98. The zero-order chi connectivity index (χ0) is 12.2. The largest absolute Gasteiger partial charge is 0.440 e. The number of carbonyl (C=O) groups excluding carboxylic acids is 1. The van der Waals surface area contributed by atoms with Crippen LogP contribution in [-0.2, 0) is 4.74 Å². The first-order chi connectivity index (χ1) is 7.37. The number of halogens is 4. The van der Waals surface area contributed by atoms with Gasteiger partial charge in [-0.05, 0) is 0 Å². The molecular formula is C8H6F4N2O2. The summed E-state index contributed by atoms with van der Waals surface area (Å²) < 4.78 is 51.3. The van der Waals surface area contributed by atoms with E-state index in [-0.39, 0.29) is 5.69 Å². The third-order valence-corrected chi connectivity index (χ3v) is 1.32. The molecule has 0 spiro atoms. The van der Waals surface area contributed by atoms with E-state index < -0.39 is 24.7 Å². The number of nitrogens with zero attached hydrogens (tertiary/aromatic N) is 1. The van der Waals surface area contributed by atoms with Gasteiger partial charge in [0.15, 0.2) is 6.61 Å². The standard InChI is InChI=1S/C8H6F4N2O2/c9-5-1-6(3-13-2-5)14-7(15)16-4-8(10,11)12/h1-3H,4H2,(H,14,15). The molecule has 88 valence electrons. The van der Waals surface area contributed by atoms with Crippen LogP contribution in [0.1, 0.15) is 0 Å². The molecule has 0 aliphatic carbocycles. The van der Waals surface area contributed by atoms with Crippen molar-refractivity contribution in [2.24, 2.45) is 0 Å². The molecule has 0 radical (unpaired) electrons. The fourth-order valence-corrected chi connectivity index (χ4v) is 0.782. The average molecular weight is 238 g/mol. The molecule has 1 heterocycles. The number of pyridine rings is 1. The van der Waals surface area contributed by atoms with Crippen molar-refractivity contribution < 1.29 is 27.1 Å². The summed E-state index contributed by atoms with van der Waals surface area (Å²) in [4.78, 5) is 14.2. The molecule has 8 heteroatoms. The lowest BCUT2D eigenvalue weighted by atomic mass is 10.4. The number of alkyl halides is 3. The molecule has 1 N–H and O–H groups in total. The molecule has 0 unspecified atom stereocenters. The van der Waals surface area contributed by atoms with E-state index in [4.69, 9.17) is 0 Å². The first-order valence-electron chi connectivity index (χ1n) is 3.98. The topological polar surface area (TPSA) is 51.2 Å². The maximum absolute atomic E-state index is 12.6. The van der Waals surface area contributed by atoms with Crippen LogP contribution >= 0.6 is 0 Å². The highest BCUT2D eigenvalue weighted by molar-refractivity contribution is 5.84. The third kappa shape index (κ3) is 4.58. The number of hydrogen-bond donors (Lipinski definition) is 1. The van der Waals surface area contributed by atoms with Gasteiger partial charge in [0.1, 0.15) is 5.82 Å². The molecule has 0 saturated carbocycles. The molecule has 0 atom stereocenters. The maximum Gasteiger partial charge on any atom is 0.422 e. The smallest absolute Gasteiger partial charge is 0.422 e. The molecule has 0 saturated heterocycles. The number of carbonyl (C=O) groups is 1. The van der Waals surface area contributed by atoms with Crippen molar-refractivity contribution in [3.63, 3.8) is 0 Å². The van der Waals surface area contributed by atoms with Crippen molar-refractivity contribution in [2.45, 2.75) is 6.18 Å². The van der Waals surface area contributed by atoms with Gasteiger partial charge in [0, 0.05) is 6.07 Å². The number of hydrogen-bond acceptors (Lipinski definition) is 3. The molecule has 16 heavy (non-hydrogen) atoms. The fourth-order valence-electron chi connectivity index (χ4n) is 0.782. The van der Waals surface area contributed by atoms with Crippen molar-refractivity contribution in [3.05, 3.63) is 24.3 Å². The van der Waals surface area contributed by atoms with Crippen molar-refractivity contribution in [1.29, 1.82) is 0 Å². The van der Waals surface area contributed by atoms with Crippen LogP contribution < -0.4 is 5.32 Å². The Bertz CT molecular complexity index is 381. The second-order valence-electron chi connectivity index (χ2n) is 2.71. The van der Waals surface area contributed by atoms with Crippen LogP contribution in [0.4, 0.5) is 28.0 Å². The summed E-state index contributed by atoms with van der Waals surface area (Å²) in [6, 6.07) is 0.891. The van der Waals surface area contributed by atoms with Crippen LogP contribution in [0.5, 0.6) is 0 Å². The van der Waals surface area contributed by atoms with Crippen LogP contribution in [0.3, 0.4) is 0 Å². The monoisotopic (exact) mass is 238 g/mol. The van der Waals surface area contributed by atoms with Gasteiger partial charge in [0.2, 0.25) is 0 Å². The van der Waals surface area contributed by atoms with E-state index in [1.807, 2.05) is 5.32 Å². The van der Waals surface area contributed by atoms with Gasteiger partial charge in [-0.3, -0.25) is 10.3 Å². The van der Waals surface area contributed by atoms with Gasteiger partial charge in [-0.25, -0.2) is 9.18 Å². The zero-order valence-electron chi connectivity index (χ0n) is 7.71. The summed E-state index contributed by atoms with van der Waals surface area (Å²) >= 11 is 0. The Morgan fingerprint density at radius 2 is 2.12 bits per heavy atom. The number of nitrogens with one attached hydrogen (secondary N) is 1. The summed E-state index contributed by atoms with van der Waals surface area (Å²) in [5.41, 5.74) is -0.0906. The van der Waals surface area contributed by atoms with E-state index in [0.717, 1.165) is 18.5 Å². The van der Waals surface area contributed by atoms with Gasteiger partial charge in [0.05, 0.1) is 18.1 Å². The summed E-state index contributed by atoms with van der Waals surface area (Å²) in [6.45, 7) is -1.71. The molecule has 0 aliphatic rings. The third-order valence-electron chi connectivity index (χ3n) is 1.32. The number of ether oxygens (including phenoxy) is 1. The predicted molar refractivity (Wildman–Crippen MR) is 45.2 cm³/mol. The van der Waals surface area contributed by atoms with Crippen molar-refractivity contribution >= 4 is 11.8 Å². The Morgan fingerprint density at radius 3 is 2.69 bits per heavy atom. The van der Waals surface area contributed by atoms with Gasteiger partial charge < -0.3 is 4.74 Å². The molecule has 0 fully saturated rings. The lowest BCUT2D eigenvalue weighted by molar-refractivity contribution is -0.159. The first kappa shape index (κ1) is 12.2. The van der Waals surface area contributed by atoms with Crippen LogP contribution in [0.15, 0.2) is 18.5 Å². The summed E-state index contributed by atoms with van der Waals surface area (Å²) in [6.07, 6.45) is -3.98. The van der Waals surface area contributed by atoms with Gasteiger partial charge in [-0.2, -0.15) is 13.2 Å². The Kier molecular flexibility index (Phi) is 3.64. The van der Waals surface area contributed by atoms with E-state index in [2.05, 4.69) is 9.72 Å². The highest BCUT2D eigenvalue weighted by atomic mass is 19.4. The molecule has 4 nitrogen and oxygen atoms in total. The minimum Gasteiger partial charge on any atom is -0.440 e. The minimum atomic E-state index is -4.60. The molecule has 1 amide bonds. The summed E-state index contributed by atoms with van der Waals surface area (Å²) in [5.74, 6) is -0.728. The second kappa shape index (κ2) is 4.77. The fraction of sp³-hybridized carbons (Fsp3) is 0.250. The highest BCUT2D eigenvalue weighted by Crippen LogP contribution is 2.15. The Hall–Kier alpha value is -1.86. The van der Waals surface area contributed by atoms with Crippen LogP contribution in [0, 0.1) is 5.82 Å². The van der Waals surface area contributed by atoms with Gasteiger partial charge >= 0.3 is 12.3 Å². The lowest BCUT2D eigenvalue weighted by Crippen LogP contribution is -2.23. The molecule has 1 aromatic rings. The van der Waals surface area contributed by atoms with E-state index in [1.165, 1.54) is 0 Å². The number of aromatic nitrogens is 1. The van der Waals surface area contributed by atoms with Gasteiger partial charge in [-0.1, -0.05) is 0 Å². The van der Waals surface area contributed by atoms with Crippen molar-refractivity contribution in [2.75, 3.05) is 11.9 Å². The zero-order valence-corrected chi connectivity index (χ0v) is 7.71. The van der Waals surface area contributed by atoms with E-state index >= 15 is 0 Å². The molecule has 0 bridgehead atoms. The molecule has 0 aliphatic heterocycles. The lowest BCUT2D eigenvalue weighted by Gasteiger charge is -2.08. The summed E-state index contributed by atoms with van der Waals surface area (Å²) in [7, 11) is 0. The van der Waals surface area contributed by atoms with Gasteiger partial charge in [0.25, 0.3) is 0 Å². The predicted octanol–water partition coefficient (Wildman–Crippen LogP) is 2.33. The Morgan fingerprint density at radius 1 is 1.44 bits per heavy atom. The number of rotatable bonds is 2. The SMILES string of the molecule is O=C(Nc1cncc(F)c1)OCC(F)(F)F. The van der Waals surface area contributed by atoms with Crippen LogP contribution in [0.25, 0.3) is 0 Å². The molecule has 0 aromatic carbocycles. The second-order valence-corrected chi connectivity index (χ2v) is 2.71. The number of anilines is 1. The van der Waals surface area contributed by atoms with E-state index in [1.54, 1.807) is 0 Å². The molecular weight excluding hydrogens is 232 g/mol. The summed E-state index contributed by atoms with van der Waals surface area (Å²) in [5, 5.41) is 1.89. The molecule has 1 aromatic heterocycles. The number of amides is 1. The van der Waals surface area contributed by atoms with Crippen molar-refractivity contribution in [3.8, 4) is 0 Å². The van der Waals surface area contributed by atoms with Crippen LogP contribution in [-0.4, -0.2) is 23.9 Å². The normalized spacial score (nSPS) is 11.0.